The van der Waals surface area contributed by atoms with E-state index in [2.05, 4.69) is 0 Å². The Morgan fingerprint density at radius 1 is 0.750 bits per heavy atom. The fourth-order valence-corrected chi connectivity index (χ4v) is 2.77. The van der Waals surface area contributed by atoms with Crippen molar-refractivity contribution in [1.82, 2.24) is 0 Å². The van der Waals surface area contributed by atoms with E-state index >= 15 is 0 Å². The van der Waals surface area contributed by atoms with E-state index < -0.39 is 13.0 Å². The van der Waals surface area contributed by atoms with Gasteiger partial charge in [-0.15, -0.1) is 0 Å². The van der Waals surface area contributed by atoms with Crippen LogP contribution >= 0.6 is 0 Å². The van der Waals surface area contributed by atoms with Crippen LogP contribution < -0.4 is 0 Å². The van der Waals surface area contributed by atoms with E-state index in [0.717, 1.165) is 11.5 Å². The van der Waals surface area contributed by atoms with Gasteiger partial charge < -0.3 is 38.0 Å². The standard InChI is InChI=1S/C16H18O8/c17-15-19-7-11(23-15)5-9-1-3-13(21-9)14-4-2-10(22-14)6-12-8-20-16(18)24-12/h1-4,11-12,15-18H,5-8H2. The van der Waals surface area contributed by atoms with Gasteiger partial charge in [0.15, 0.2) is 11.5 Å². The van der Waals surface area contributed by atoms with Crippen LogP contribution in [-0.4, -0.2) is 48.6 Å². The van der Waals surface area contributed by atoms with Gasteiger partial charge in [-0.05, 0) is 24.3 Å². The number of aliphatic hydroxyl groups excluding tert-OH is 2. The second kappa shape index (κ2) is 6.67. The molecule has 0 aromatic carbocycles. The summed E-state index contributed by atoms with van der Waals surface area (Å²) in [5.74, 6) is 2.67. The molecule has 2 aromatic rings. The van der Waals surface area contributed by atoms with Crippen molar-refractivity contribution in [3.63, 3.8) is 0 Å². The van der Waals surface area contributed by atoms with Gasteiger partial charge >= 0.3 is 0 Å². The number of aliphatic hydroxyl groups is 2. The zero-order valence-corrected chi connectivity index (χ0v) is 12.8. The third-order valence-corrected chi connectivity index (χ3v) is 3.89. The number of ether oxygens (including phenoxy) is 4. The Bertz CT molecular complexity index is 619. The number of hydrogen-bond donors (Lipinski definition) is 2. The molecule has 8 heteroatoms. The van der Waals surface area contributed by atoms with Crippen molar-refractivity contribution in [1.29, 1.82) is 0 Å². The van der Waals surface area contributed by atoms with Crippen molar-refractivity contribution in [3.8, 4) is 11.5 Å². The summed E-state index contributed by atoms with van der Waals surface area (Å²) in [6.07, 6.45) is 0.570. The maximum Gasteiger partial charge on any atom is 0.269 e. The Kier molecular flexibility index (Phi) is 4.40. The molecule has 4 unspecified atom stereocenters. The Labute approximate surface area is 137 Å². The van der Waals surface area contributed by atoms with Gasteiger partial charge in [0.05, 0.1) is 25.4 Å². The summed E-state index contributed by atoms with van der Waals surface area (Å²) in [4.78, 5) is 0. The zero-order valence-electron chi connectivity index (χ0n) is 12.8. The molecule has 0 bridgehead atoms. The first kappa shape index (κ1) is 15.8. The van der Waals surface area contributed by atoms with E-state index in [1.807, 2.05) is 24.3 Å². The van der Waals surface area contributed by atoms with Crippen molar-refractivity contribution in [2.45, 2.75) is 38.0 Å². The van der Waals surface area contributed by atoms with Gasteiger partial charge in [0.1, 0.15) is 11.5 Å². The molecule has 2 saturated heterocycles. The van der Waals surface area contributed by atoms with Crippen LogP contribution in [0.25, 0.3) is 11.5 Å². The Hall–Kier alpha value is -1.68. The second-order valence-electron chi connectivity index (χ2n) is 5.74. The summed E-state index contributed by atoms with van der Waals surface area (Å²) in [7, 11) is 0. The molecule has 0 spiro atoms. The largest absolute Gasteiger partial charge is 0.458 e. The third kappa shape index (κ3) is 3.54. The fraction of sp³-hybridized carbons (Fsp3) is 0.500. The van der Waals surface area contributed by atoms with E-state index in [1.165, 1.54) is 0 Å². The molecule has 0 aliphatic carbocycles. The van der Waals surface area contributed by atoms with Crippen LogP contribution in [0.5, 0.6) is 0 Å². The number of rotatable bonds is 5. The molecule has 2 aromatic heterocycles. The molecule has 2 aliphatic heterocycles. The molecule has 24 heavy (non-hydrogen) atoms. The summed E-state index contributed by atoms with van der Waals surface area (Å²) in [6, 6.07) is 7.33. The van der Waals surface area contributed by atoms with E-state index in [4.69, 9.17) is 27.8 Å². The quantitative estimate of drug-likeness (QED) is 0.832. The summed E-state index contributed by atoms with van der Waals surface area (Å²) in [6.45, 7) is -1.65. The van der Waals surface area contributed by atoms with Crippen molar-refractivity contribution < 1.29 is 38.0 Å². The van der Waals surface area contributed by atoms with E-state index in [0.29, 0.717) is 37.6 Å². The van der Waals surface area contributed by atoms with Crippen LogP contribution in [0.15, 0.2) is 33.1 Å². The van der Waals surface area contributed by atoms with Crippen LogP contribution in [0.4, 0.5) is 0 Å². The second-order valence-corrected chi connectivity index (χ2v) is 5.74. The van der Waals surface area contributed by atoms with Crippen molar-refractivity contribution in [3.05, 3.63) is 35.8 Å². The fourth-order valence-electron chi connectivity index (χ4n) is 2.77. The highest BCUT2D eigenvalue weighted by Gasteiger charge is 2.26. The van der Waals surface area contributed by atoms with Gasteiger partial charge in [0.2, 0.25) is 0 Å². The normalized spacial score (nSPS) is 30.2. The molecular weight excluding hydrogens is 320 g/mol. The molecule has 4 rings (SSSR count). The van der Waals surface area contributed by atoms with Crippen molar-refractivity contribution in [2.75, 3.05) is 13.2 Å². The van der Waals surface area contributed by atoms with E-state index in [9.17, 15) is 10.2 Å². The minimum atomic E-state index is -1.16. The summed E-state index contributed by atoms with van der Waals surface area (Å²) < 4.78 is 31.7. The van der Waals surface area contributed by atoms with Gasteiger partial charge in [-0.25, -0.2) is 0 Å². The SMILES string of the molecule is OC1OCC(Cc2ccc(-c3ccc(CC4COC(O)O4)o3)o2)O1. The molecule has 0 radical (unpaired) electrons. The van der Waals surface area contributed by atoms with Gasteiger partial charge in [-0.1, -0.05) is 0 Å². The lowest BCUT2D eigenvalue weighted by atomic mass is 10.2. The monoisotopic (exact) mass is 338 g/mol. The van der Waals surface area contributed by atoms with E-state index in [1.54, 1.807) is 0 Å². The predicted molar refractivity (Wildman–Crippen MR) is 77.5 cm³/mol. The summed E-state index contributed by atoms with van der Waals surface area (Å²) in [5.41, 5.74) is 0. The molecule has 2 N–H and O–H groups in total. The first-order chi connectivity index (χ1) is 11.7. The highest BCUT2D eigenvalue weighted by atomic mass is 16.8. The lowest BCUT2D eigenvalue weighted by Crippen LogP contribution is -2.14. The molecular formula is C16H18O8. The lowest BCUT2D eigenvalue weighted by molar-refractivity contribution is -0.204. The number of hydrogen-bond acceptors (Lipinski definition) is 8. The molecule has 2 fully saturated rings. The highest BCUT2D eigenvalue weighted by Crippen LogP contribution is 2.27. The molecule has 4 atom stereocenters. The Balaban J connectivity index is 1.37. The molecule has 0 saturated carbocycles. The Morgan fingerprint density at radius 2 is 1.21 bits per heavy atom. The van der Waals surface area contributed by atoms with Crippen LogP contribution in [0.2, 0.25) is 0 Å². The Morgan fingerprint density at radius 3 is 1.58 bits per heavy atom. The van der Waals surface area contributed by atoms with Crippen molar-refractivity contribution >= 4 is 0 Å². The summed E-state index contributed by atoms with van der Waals surface area (Å²) >= 11 is 0. The van der Waals surface area contributed by atoms with Crippen molar-refractivity contribution in [2.24, 2.45) is 0 Å². The van der Waals surface area contributed by atoms with Gasteiger partial charge in [0.25, 0.3) is 13.0 Å². The van der Waals surface area contributed by atoms with Crippen LogP contribution in [0.1, 0.15) is 11.5 Å². The zero-order chi connectivity index (χ0) is 16.5. The molecule has 8 nitrogen and oxygen atoms in total. The van der Waals surface area contributed by atoms with Gasteiger partial charge in [-0.3, -0.25) is 0 Å². The third-order valence-electron chi connectivity index (χ3n) is 3.89. The first-order valence-electron chi connectivity index (χ1n) is 7.74. The smallest absolute Gasteiger partial charge is 0.269 e. The van der Waals surface area contributed by atoms with Crippen LogP contribution in [0.3, 0.4) is 0 Å². The average molecular weight is 338 g/mol. The maximum atomic E-state index is 9.17. The summed E-state index contributed by atoms with van der Waals surface area (Å²) in [5, 5.41) is 18.3. The predicted octanol–water partition coefficient (Wildman–Crippen LogP) is 1.01. The first-order valence-corrected chi connectivity index (χ1v) is 7.74. The number of furan rings is 2. The van der Waals surface area contributed by atoms with Crippen LogP contribution in [-0.2, 0) is 31.8 Å². The maximum absolute atomic E-state index is 9.17. The van der Waals surface area contributed by atoms with Gasteiger partial charge in [-0.2, -0.15) is 0 Å². The average Bonchev–Trinajstić information content (AvgIpc) is 3.30. The molecule has 0 amide bonds. The molecule has 130 valence electrons. The minimum Gasteiger partial charge on any atom is -0.458 e. The topological polar surface area (TPSA) is 104 Å². The lowest BCUT2D eigenvalue weighted by Gasteiger charge is -2.05. The van der Waals surface area contributed by atoms with E-state index in [-0.39, 0.29) is 12.2 Å². The van der Waals surface area contributed by atoms with Crippen LogP contribution in [0, 0.1) is 0 Å². The van der Waals surface area contributed by atoms with Gasteiger partial charge in [0, 0.05) is 12.8 Å². The minimum absolute atomic E-state index is 0.225. The highest BCUT2D eigenvalue weighted by molar-refractivity contribution is 5.50. The molecule has 2 aliphatic rings. The molecule has 4 heterocycles.